The van der Waals surface area contributed by atoms with Crippen molar-refractivity contribution in [1.29, 1.82) is 0 Å². The number of morpholine rings is 1. The number of carboxylic acid groups (broad SMARTS) is 1. The molecule has 1 aromatic heterocycles. The summed E-state index contributed by atoms with van der Waals surface area (Å²) in [5, 5.41) is 7.12. The summed E-state index contributed by atoms with van der Waals surface area (Å²) in [6.07, 6.45) is -3.36. The van der Waals surface area contributed by atoms with Gasteiger partial charge in [0.15, 0.2) is 0 Å². The van der Waals surface area contributed by atoms with E-state index in [0.717, 1.165) is 57.3 Å². The summed E-state index contributed by atoms with van der Waals surface area (Å²) in [6.45, 7) is 8.46. The van der Waals surface area contributed by atoms with Gasteiger partial charge in [0.2, 0.25) is 5.91 Å². The van der Waals surface area contributed by atoms with E-state index < -0.39 is 12.1 Å². The molecule has 32 heavy (non-hydrogen) atoms. The number of carbonyl (C=O) groups excluding carboxylic acids is 1. The molecule has 8 nitrogen and oxygen atoms in total. The number of nitrogens with zero attached hydrogens (tertiary/aromatic N) is 2. The molecule has 11 heteroatoms. The summed E-state index contributed by atoms with van der Waals surface area (Å²) in [7, 11) is 0. The van der Waals surface area contributed by atoms with Gasteiger partial charge in [-0.2, -0.15) is 13.2 Å². The Balaban J connectivity index is 0.000000360. The van der Waals surface area contributed by atoms with E-state index in [1.54, 1.807) is 0 Å². The van der Waals surface area contributed by atoms with Crippen LogP contribution in [0, 0.1) is 18.8 Å². The highest BCUT2D eigenvalue weighted by Crippen LogP contribution is 2.36. The van der Waals surface area contributed by atoms with Gasteiger partial charge in [-0.05, 0) is 37.9 Å². The van der Waals surface area contributed by atoms with Crippen molar-refractivity contribution in [3.05, 3.63) is 23.7 Å². The normalized spacial score (nSPS) is 26.2. The summed E-state index contributed by atoms with van der Waals surface area (Å²) in [5.74, 6) is 0.520. The number of ether oxygens (including phenoxy) is 2. The van der Waals surface area contributed by atoms with E-state index in [9.17, 15) is 18.0 Å². The SMILES string of the molecule is Cc1ccc(CN2CC[C@@H]3[C@@H](CO[C@H]3CC(=O)N3CCOCC3)C2)o1.O=C(O)C(F)(F)F. The van der Waals surface area contributed by atoms with Crippen molar-refractivity contribution in [1.82, 2.24) is 9.80 Å². The third-order valence-electron chi connectivity index (χ3n) is 6.04. The highest BCUT2D eigenvalue weighted by molar-refractivity contribution is 5.77. The lowest BCUT2D eigenvalue weighted by Crippen LogP contribution is -2.44. The first-order valence-corrected chi connectivity index (χ1v) is 10.7. The van der Waals surface area contributed by atoms with Crippen molar-refractivity contribution in [3.63, 3.8) is 0 Å². The average molecular weight is 462 g/mol. The second-order valence-corrected chi connectivity index (χ2v) is 8.33. The molecular weight excluding hydrogens is 433 g/mol. The summed E-state index contributed by atoms with van der Waals surface area (Å²) < 4.78 is 48.8. The molecule has 0 spiro atoms. The van der Waals surface area contributed by atoms with Crippen LogP contribution in [0.3, 0.4) is 0 Å². The van der Waals surface area contributed by atoms with Gasteiger partial charge in [-0.15, -0.1) is 0 Å². The first-order chi connectivity index (χ1) is 15.1. The lowest BCUT2D eigenvalue weighted by molar-refractivity contribution is -0.192. The van der Waals surface area contributed by atoms with Crippen LogP contribution in [0.2, 0.25) is 0 Å². The quantitative estimate of drug-likeness (QED) is 0.734. The second kappa shape index (κ2) is 10.7. The minimum absolute atomic E-state index is 0.0911. The smallest absolute Gasteiger partial charge is 0.475 e. The predicted molar refractivity (Wildman–Crippen MR) is 106 cm³/mol. The van der Waals surface area contributed by atoms with Gasteiger partial charge in [0.1, 0.15) is 11.5 Å². The Morgan fingerprint density at radius 1 is 1.19 bits per heavy atom. The van der Waals surface area contributed by atoms with Crippen LogP contribution < -0.4 is 0 Å². The zero-order chi connectivity index (χ0) is 23.3. The Bertz CT molecular complexity index is 778. The van der Waals surface area contributed by atoms with Crippen LogP contribution >= 0.6 is 0 Å². The standard InChI is InChI=1S/C19H28N2O4.C2HF3O2/c1-14-2-3-16(25-14)12-20-5-4-17-15(11-20)13-24-18(17)10-19(22)21-6-8-23-9-7-21;3-2(4,5)1(6)7/h2-3,15,17-18H,4-13H2,1H3;(H,6,7)/t15-,17-,18+;/m1./s1. The topological polar surface area (TPSA) is 92.5 Å². The molecule has 3 aliphatic heterocycles. The van der Waals surface area contributed by atoms with Crippen LogP contribution in [0.5, 0.6) is 0 Å². The number of hydrogen-bond acceptors (Lipinski definition) is 6. The van der Waals surface area contributed by atoms with E-state index in [0.29, 0.717) is 31.5 Å². The minimum Gasteiger partial charge on any atom is -0.475 e. The van der Waals surface area contributed by atoms with Gasteiger partial charge in [-0.25, -0.2) is 4.79 Å². The van der Waals surface area contributed by atoms with Crippen molar-refractivity contribution >= 4 is 11.9 Å². The number of likely N-dealkylation sites (tertiary alicyclic amines) is 1. The molecule has 0 aliphatic carbocycles. The zero-order valence-electron chi connectivity index (χ0n) is 18.0. The molecule has 3 saturated heterocycles. The Labute approximate surface area is 184 Å². The van der Waals surface area contributed by atoms with Crippen LogP contribution in [0.1, 0.15) is 24.4 Å². The van der Waals surface area contributed by atoms with E-state index in [1.807, 2.05) is 17.9 Å². The molecule has 3 fully saturated rings. The molecule has 0 saturated carbocycles. The Morgan fingerprint density at radius 3 is 2.47 bits per heavy atom. The number of alkyl halides is 3. The van der Waals surface area contributed by atoms with Crippen LogP contribution in [-0.4, -0.2) is 85.1 Å². The zero-order valence-corrected chi connectivity index (χ0v) is 18.0. The molecular formula is C21H29F3N2O6. The van der Waals surface area contributed by atoms with Gasteiger partial charge in [0.05, 0.1) is 38.9 Å². The van der Waals surface area contributed by atoms with Crippen molar-refractivity contribution in [2.75, 3.05) is 46.0 Å². The number of amides is 1. The molecule has 0 aromatic carbocycles. The average Bonchev–Trinajstić information content (AvgIpc) is 3.34. The highest BCUT2D eigenvalue weighted by Gasteiger charge is 2.42. The number of fused-ring (bicyclic) bond motifs is 1. The van der Waals surface area contributed by atoms with Crippen LogP contribution in [0.25, 0.3) is 0 Å². The third-order valence-corrected chi connectivity index (χ3v) is 6.04. The van der Waals surface area contributed by atoms with Crippen molar-refractivity contribution < 1.29 is 41.8 Å². The van der Waals surface area contributed by atoms with E-state index in [1.165, 1.54) is 0 Å². The van der Waals surface area contributed by atoms with Gasteiger partial charge in [-0.3, -0.25) is 9.69 Å². The molecule has 3 aliphatic rings. The molecule has 1 N–H and O–H groups in total. The fourth-order valence-electron chi connectivity index (χ4n) is 4.42. The summed E-state index contributed by atoms with van der Waals surface area (Å²) >= 11 is 0. The number of carboxylic acids is 1. The molecule has 1 amide bonds. The number of aliphatic carboxylic acids is 1. The molecule has 0 radical (unpaired) electrons. The number of aryl methyl sites for hydroxylation is 1. The lowest BCUT2D eigenvalue weighted by Gasteiger charge is -2.35. The maximum Gasteiger partial charge on any atom is 0.490 e. The minimum atomic E-state index is -5.08. The maximum absolute atomic E-state index is 12.5. The van der Waals surface area contributed by atoms with Gasteiger partial charge in [0, 0.05) is 25.6 Å². The molecule has 180 valence electrons. The number of carbonyl (C=O) groups is 2. The number of hydrogen-bond donors (Lipinski definition) is 1. The van der Waals surface area contributed by atoms with Gasteiger partial charge in [-0.1, -0.05) is 0 Å². The van der Waals surface area contributed by atoms with E-state index in [4.69, 9.17) is 23.8 Å². The molecule has 0 unspecified atom stereocenters. The lowest BCUT2D eigenvalue weighted by atomic mass is 9.83. The molecule has 1 aromatic rings. The van der Waals surface area contributed by atoms with Crippen molar-refractivity contribution in [2.24, 2.45) is 11.8 Å². The molecule has 4 rings (SSSR count). The predicted octanol–water partition coefficient (Wildman–Crippen LogP) is 2.31. The van der Waals surface area contributed by atoms with Gasteiger partial charge < -0.3 is 23.9 Å². The first-order valence-electron chi connectivity index (χ1n) is 10.7. The third kappa shape index (κ3) is 6.69. The molecule has 4 heterocycles. The summed E-state index contributed by atoms with van der Waals surface area (Å²) in [5.41, 5.74) is 0. The fraction of sp³-hybridized carbons (Fsp3) is 0.714. The second-order valence-electron chi connectivity index (χ2n) is 8.33. The van der Waals surface area contributed by atoms with E-state index in [-0.39, 0.29) is 12.0 Å². The monoisotopic (exact) mass is 462 g/mol. The van der Waals surface area contributed by atoms with Crippen LogP contribution in [0.15, 0.2) is 16.5 Å². The van der Waals surface area contributed by atoms with Crippen molar-refractivity contribution in [3.8, 4) is 0 Å². The molecule has 0 bridgehead atoms. The van der Waals surface area contributed by atoms with Crippen LogP contribution in [0.4, 0.5) is 13.2 Å². The summed E-state index contributed by atoms with van der Waals surface area (Å²) in [6, 6.07) is 4.09. The number of furan rings is 1. The van der Waals surface area contributed by atoms with Gasteiger partial charge in [0.25, 0.3) is 0 Å². The number of piperidine rings is 1. The Kier molecular flexibility index (Phi) is 8.18. The number of rotatable bonds is 4. The largest absolute Gasteiger partial charge is 0.490 e. The molecule has 3 atom stereocenters. The Morgan fingerprint density at radius 2 is 1.88 bits per heavy atom. The van der Waals surface area contributed by atoms with E-state index >= 15 is 0 Å². The highest BCUT2D eigenvalue weighted by atomic mass is 19.4. The summed E-state index contributed by atoms with van der Waals surface area (Å²) in [4.78, 5) is 25.8. The fourth-order valence-corrected chi connectivity index (χ4v) is 4.42. The van der Waals surface area contributed by atoms with E-state index in [2.05, 4.69) is 11.0 Å². The first kappa shape index (κ1) is 24.5. The maximum atomic E-state index is 12.5. The van der Waals surface area contributed by atoms with Gasteiger partial charge >= 0.3 is 12.1 Å². The number of halogens is 3. The van der Waals surface area contributed by atoms with Crippen LogP contribution in [-0.2, 0) is 25.6 Å². The van der Waals surface area contributed by atoms with Crippen molar-refractivity contribution in [2.45, 2.75) is 38.6 Å². The Hall–Kier alpha value is -2.11.